The summed E-state index contributed by atoms with van der Waals surface area (Å²) in [5.74, 6) is -0.373. The first-order valence-electron chi connectivity index (χ1n) is 9.19. The summed E-state index contributed by atoms with van der Waals surface area (Å²) in [5, 5.41) is 5.52. The Kier molecular flexibility index (Phi) is 7.90. The van der Waals surface area contributed by atoms with E-state index in [9.17, 15) is 14.4 Å². The van der Waals surface area contributed by atoms with Gasteiger partial charge in [0.1, 0.15) is 5.76 Å². The van der Waals surface area contributed by atoms with Crippen molar-refractivity contribution in [2.24, 2.45) is 0 Å². The lowest BCUT2D eigenvalue weighted by Crippen LogP contribution is -2.46. The fourth-order valence-electron chi connectivity index (χ4n) is 2.30. The summed E-state index contributed by atoms with van der Waals surface area (Å²) in [7, 11) is 0. The summed E-state index contributed by atoms with van der Waals surface area (Å²) in [6, 6.07) is 10.4. The molecule has 29 heavy (non-hydrogen) atoms. The van der Waals surface area contributed by atoms with E-state index < -0.39 is 17.6 Å². The lowest BCUT2D eigenvalue weighted by Gasteiger charge is -2.23. The van der Waals surface area contributed by atoms with Gasteiger partial charge in [0.25, 0.3) is 5.91 Å². The van der Waals surface area contributed by atoms with Crippen molar-refractivity contribution in [3.05, 3.63) is 54.0 Å². The van der Waals surface area contributed by atoms with Crippen molar-refractivity contribution in [2.75, 3.05) is 5.75 Å². The number of thioether (sulfide) groups is 1. The van der Waals surface area contributed by atoms with Crippen LogP contribution in [0.1, 0.15) is 43.8 Å². The molecule has 0 spiro atoms. The molecule has 1 aromatic heterocycles. The van der Waals surface area contributed by atoms with E-state index in [0.29, 0.717) is 22.8 Å². The van der Waals surface area contributed by atoms with Gasteiger partial charge in [-0.3, -0.25) is 9.59 Å². The van der Waals surface area contributed by atoms with Gasteiger partial charge < -0.3 is 19.8 Å². The molecule has 2 amide bonds. The summed E-state index contributed by atoms with van der Waals surface area (Å²) in [6.07, 6.45) is 0.609. The molecule has 0 aliphatic carbocycles. The number of ether oxygens (including phenoxy) is 1. The van der Waals surface area contributed by atoms with Gasteiger partial charge >= 0.3 is 5.97 Å². The van der Waals surface area contributed by atoms with Crippen LogP contribution in [0.4, 0.5) is 0 Å². The molecule has 0 bridgehead atoms. The number of furan rings is 1. The highest BCUT2D eigenvalue weighted by atomic mass is 32.2. The second-order valence-corrected chi connectivity index (χ2v) is 8.44. The van der Waals surface area contributed by atoms with E-state index in [1.807, 2.05) is 20.8 Å². The standard InChI is InChI=1S/C21H26N2O5S/c1-14(19(25)23-21(2,3)4)28-20(26)16-9-5-6-10-17(16)29-13-18(24)22-12-15-8-7-11-27-15/h5-11,14H,12-13H2,1-4H3,(H,22,24)(H,23,25)/t14-/m0/s1. The highest BCUT2D eigenvalue weighted by Crippen LogP contribution is 2.23. The summed E-state index contributed by atoms with van der Waals surface area (Å²) >= 11 is 1.22. The third kappa shape index (κ3) is 7.65. The molecule has 2 N–H and O–H groups in total. The van der Waals surface area contributed by atoms with Crippen LogP contribution in [0, 0.1) is 0 Å². The first-order valence-corrected chi connectivity index (χ1v) is 10.2. The van der Waals surface area contributed by atoms with Crippen LogP contribution in [0.2, 0.25) is 0 Å². The van der Waals surface area contributed by atoms with Crippen LogP contribution in [0.15, 0.2) is 52.0 Å². The van der Waals surface area contributed by atoms with E-state index in [2.05, 4.69) is 10.6 Å². The molecule has 0 fully saturated rings. The largest absolute Gasteiger partial charge is 0.467 e. The number of carbonyl (C=O) groups is 3. The molecule has 7 nitrogen and oxygen atoms in total. The summed E-state index contributed by atoms with van der Waals surface area (Å²) in [4.78, 5) is 37.3. The number of esters is 1. The fraction of sp³-hybridized carbons (Fsp3) is 0.381. The van der Waals surface area contributed by atoms with Crippen LogP contribution in [-0.2, 0) is 20.9 Å². The molecule has 1 heterocycles. The van der Waals surface area contributed by atoms with Gasteiger partial charge in [0.15, 0.2) is 6.10 Å². The summed E-state index contributed by atoms with van der Waals surface area (Å²) < 4.78 is 10.5. The van der Waals surface area contributed by atoms with Crippen molar-refractivity contribution in [1.82, 2.24) is 10.6 Å². The van der Waals surface area contributed by atoms with Crippen molar-refractivity contribution < 1.29 is 23.5 Å². The minimum absolute atomic E-state index is 0.130. The van der Waals surface area contributed by atoms with Crippen LogP contribution in [0.25, 0.3) is 0 Å². The normalized spacial score (nSPS) is 12.1. The zero-order valence-corrected chi connectivity index (χ0v) is 17.8. The number of carbonyl (C=O) groups excluding carboxylic acids is 3. The predicted octanol–water partition coefficient (Wildman–Crippen LogP) is 3.15. The van der Waals surface area contributed by atoms with Gasteiger partial charge in [-0.1, -0.05) is 12.1 Å². The van der Waals surface area contributed by atoms with Crippen LogP contribution >= 0.6 is 11.8 Å². The molecule has 1 atom stereocenters. The maximum absolute atomic E-state index is 12.5. The highest BCUT2D eigenvalue weighted by Gasteiger charge is 2.24. The number of rotatable bonds is 8. The molecule has 1 aromatic carbocycles. The Labute approximate surface area is 174 Å². The Morgan fingerprint density at radius 2 is 1.86 bits per heavy atom. The molecule has 156 valence electrons. The molecule has 0 aliphatic heterocycles. The molecule has 0 unspecified atom stereocenters. The molecular weight excluding hydrogens is 392 g/mol. The molecule has 0 saturated carbocycles. The Balaban J connectivity index is 1.92. The lowest BCUT2D eigenvalue weighted by molar-refractivity contribution is -0.130. The molecular formula is C21H26N2O5S. The van der Waals surface area contributed by atoms with E-state index in [1.165, 1.54) is 18.7 Å². The molecule has 2 rings (SSSR count). The fourth-order valence-corrected chi connectivity index (χ4v) is 3.17. The number of hydrogen-bond acceptors (Lipinski definition) is 6. The molecule has 8 heteroatoms. The topological polar surface area (TPSA) is 97.6 Å². The zero-order chi connectivity index (χ0) is 21.4. The van der Waals surface area contributed by atoms with E-state index in [-0.39, 0.29) is 17.6 Å². The summed E-state index contributed by atoms with van der Waals surface area (Å²) in [6.45, 7) is 7.38. The molecule has 0 saturated heterocycles. The first kappa shape index (κ1) is 22.5. The third-order valence-corrected chi connectivity index (χ3v) is 4.73. The van der Waals surface area contributed by atoms with Crippen molar-refractivity contribution >= 4 is 29.5 Å². The summed E-state index contributed by atoms with van der Waals surface area (Å²) in [5.41, 5.74) is -0.110. The van der Waals surface area contributed by atoms with Gasteiger partial charge in [-0.05, 0) is 52.0 Å². The first-order chi connectivity index (χ1) is 13.7. The second-order valence-electron chi connectivity index (χ2n) is 7.43. The van der Waals surface area contributed by atoms with E-state index in [0.717, 1.165) is 0 Å². The number of nitrogens with one attached hydrogen (secondary N) is 2. The zero-order valence-electron chi connectivity index (χ0n) is 17.0. The predicted molar refractivity (Wildman–Crippen MR) is 110 cm³/mol. The van der Waals surface area contributed by atoms with Crippen LogP contribution in [-0.4, -0.2) is 35.2 Å². The number of amides is 2. The van der Waals surface area contributed by atoms with E-state index >= 15 is 0 Å². The quantitative estimate of drug-likeness (QED) is 0.505. The molecule has 0 aliphatic rings. The Morgan fingerprint density at radius 1 is 1.14 bits per heavy atom. The molecule has 0 radical (unpaired) electrons. The maximum atomic E-state index is 12.5. The maximum Gasteiger partial charge on any atom is 0.340 e. The minimum Gasteiger partial charge on any atom is -0.467 e. The van der Waals surface area contributed by atoms with Crippen molar-refractivity contribution in [3.8, 4) is 0 Å². The van der Waals surface area contributed by atoms with Gasteiger partial charge in [0, 0.05) is 10.4 Å². The minimum atomic E-state index is -0.934. The average Bonchev–Trinajstić information content (AvgIpc) is 3.17. The number of hydrogen-bond donors (Lipinski definition) is 2. The van der Waals surface area contributed by atoms with Crippen molar-refractivity contribution in [3.63, 3.8) is 0 Å². The molecule has 2 aromatic rings. The smallest absolute Gasteiger partial charge is 0.340 e. The monoisotopic (exact) mass is 418 g/mol. The number of benzene rings is 1. The Morgan fingerprint density at radius 3 is 2.52 bits per heavy atom. The third-order valence-electron chi connectivity index (χ3n) is 3.66. The van der Waals surface area contributed by atoms with Gasteiger partial charge in [0.2, 0.25) is 5.91 Å². The van der Waals surface area contributed by atoms with Crippen molar-refractivity contribution in [2.45, 2.75) is 50.8 Å². The Bertz CT molecular complexity index is 843. The Hall–Kier alpha value is -2.74. The van der Waals surface area contributed by atoms with Crippen LogP contribution in [0.5, 0.6) is 0 Å². The van der Waals surface area contributed by atoms with Gasteiger partial charge in [0.05, 0.1) is 24.1 Å². The van der Waals surface area contributed by atoms with Gasteiger partial charge in [-0.25, -0.2) is 4.79 Å². The van der Waals surface area contributed by atoms with E-state index in [1.54, 1.807) is 42.7 Å². The lowest BCUT2D eigenvalue weighted by atomic mass is 10.1. The highest BCUT2D eigenvalue weighted by molar-refractivity contribution is 8.00. The van der Waals surface area contributed by atoms with Gasteiger partial charge in [-0.2, -0.15) is 0 Å². The van der Waals surface area contributed by atoms with Crippen LogP contribution in [0.3, 0.4) is 0 Å². The SMILES string of the molecule is C[C@H](OC(=O)c1ccccc1SCC(=O)NCc1ccco1)C(=O)NC(C)(C)C. The van der Waals surface area contributed by atoms with Crippen LogP contribution < -0.4 is 10.6 Å². The van der Waals surface area contributed by atoms with E-state index in [4.69, 9.17) is 9.15 Å². The average molecular weight is 419 g/mol. The van der Waals surface area contributed by atoms with Gasteiger partial charge in [-0.15, -0.1) is 11.8 Å². The van der Waals surface area contributed by atoms with Crippen molar-refractivity contribution in [1.29, 1.82) is 0 Å². The second kappa shape index (κ2) is 10.2.